The average Bonchev–Trinajstić information content (AvgIpc) is 2.25. The molecule has 2 rings (SSSR count). The summed E-state index contributed by atoms with van der Waals surface area (Å²) in [7, 11) is 0. The molecular formula is C12H16N2O2. The van der Waals surface area contributed by atoms with Crippen molar-refractivity contribution in [3.63, 3.8) is 0 Å². The third-order valence-electron chi connectivity index (χ3n) is 2.74. The molecule has 1 aromatic rings. The van der Waals surface area contributed by atoms with Gasteiger partial charge in [-0.25, -0.2) is 0 Å². The van der Waals surface area contributed by atoms with E-state index < -0.39 is 5.41 Å². The van der Waals surface area contributed by atoms with Gasteiger partial charge in [-0.1, -0.05) is 0 Å². The minimum atomic E-state index is -0.528. The van der Waals surface area contributed by atoms with Crippen molar-refractivity contribution in [3.8, 4) is 5.75 Å². The fourth-order valence-electron chi connectivity index (χ4n) is 1.70. The summed E-state index contributed by atoms with van der Waals surface area (Å²) in [6, 6.07) is 3.56. The number of hydrogen-bond acceptors (Lipinski definition) is 3. The molecule has 0 aliphatic carbocycles. The monoisotopic (exact) mass is 220 g/mol. The molecule has 0 saturated carbocycles. The summed E-state index contributed by atoms with van der Waals surface area (Å²) < 4.78 is 5.68. The van der Waals surface area contributed by atoms with Crippen LogP contribution in [0.2, 0.25) is 0 Å². The van der Waals surface area contributed by atoms with E-state index in [1.165, 1.54) is 0 Å². The van der Waals surface area contributed by atoms with Crippen LogP contribution in [-0.2, 0) is 4.79 Å². The lowest BCUT2D eigenvalue weighted by Crippen LogP contribution is -2.33. The molecular weight excluding hydrogens is 204 g/mol. The maximum absolute atomic E-state index is 11.9. The number of anilines is 2. The van der Waals surface area contributed by atoms with E-state index in [0.717, 1.165) is 5.56 Å². The minimum Gasteiger partial charge on any atom is -0.490 e. The first-order valence-electron chi connectivity index (χ1n) is 5.24. The van der Waals surface area contributed by atoms with E-state index in [-0.39, 0.29) is 5.91 Å². The van der Waals surface area contributed by atoms with Crippen LogP contribution in [0.25, 0.3) is 0 Å². The van der Waals surface area contributed by atoms with Crippen LogP contribution in [-0.4, -0.2) is 12.5 Å². The summed E-state index contributed by atoms with van der Waals surface area (Å²) in [5, 5.41) is 2.85. The summed E-state index contributed by atoms with van der Waals surface area (Å²) >= 11 is 0. The Morgan fingerprint density at radius 3 is 2.81 bits per heavy atom. The Labute approximate surface area is 94.8 Å². The Bertz CT molecular complexity index is 453. The van der Waals surface area contributed by atoms with E-state index in [9.17, 15) is 4.79 Å². The second kappa shape index (κ2) is 3.40. The quantitative estimate of drug-likeness (QED) is 0.657. The lowest BCUT2D eigenvalue weighted by atomic mass is 9.94. The van der Waals surface area contributed by atoms with Gasteiger partial charge in [0.1, 0.15) is 12.4 Å². The second-order valence-corrected chi connectivity index (χ2v) is 4.84. The van der Waals surface area contributed by atoms with Crippen LogP contribution in [0.3, 0.4) is 0 Å². The predicted octanol–water partition coefficient (Wildman–Crippen LogP) is 1.93. The molecule has 16 heavy (non-hydrogen) atoms. The number of ether oxygens (including phenoxy) is 1. The molecule has 0 atom stereocenters. The Morgan fingerprint density at radius 1 is 1.44 bits per heavy atom. The maximum Gasteiger partial charge on any atom is 0.233 e. The number of aryl methyl sites for hydroxylation is 1. The molecule has 4 heteroatoms. The van der Waals surface area contributed by atoms with E-state index in [1.54, 1.807) is 6.07 Å². The Hall–Kier alpha value is -1.71. The summed E-state index contributed by atoms with van der Waals surface area (Å²) in [4.78, 5) is 11.9. The molecule has 0 fully saturated rings. The van der Waals surface area contributed by atoms with Crippen molar-refractivity contribution in [3.05, 3.63) is 17.7 Å². The van der Waals surface area contributed by atoms with Gasteiger partial charge in [-0.05, 0) is 38.5 Å². The van der Waals surface area contributed by atoms with Gasteiger partial charge in [0, 0.05) is 5.69 Å². The zero-order valence-electron chi connectivity index (χ0n) is 9.76. The number of nitrogen functional groups attached to an aromatic ring is 1. The van der Waals surface area contributed by atoms with E-state index in [1.807, 2.05) is 26.8 Å². The number of benzene rings is 1. The van der Waals surface area contributed by atoms with Gasteiger partial charge in [-0.2, -0.15) is 0 Å². The molecule has 3 N–H and O–H groups in total. The maximum atomic E-state index is 11.9. The van der Waals surface area contributed by atoms with Gasteiger partial charge in [0.15, 0.2) is 0 Å². The van der Waals surface area contributed by atoms with Gasteiger partial charge in [0.05, 0.1) is 11.1 Å². The predicted molar refractivity (Wildman–Crippen MR) is 63.5 cm³/mol. The highest BCUT2D eigenvalue weighted by Crippen LogP contribution is 2.36. The standard InChI is InChI=1S/C12H16N2O2/c1-7-4-8(13)5-9-10(7)16-6-12(2,3)11(15)14-9/h4-5H,6,13H2,1-3H3,(H,14,15). The molecule has 0 saturated heterocycles. The SMILES string of the molecule is Cc1cc(N)cc2c1OCC(C)(C)C(=O)N2. The normalized spacial score (nSPS) is 18.1. The van der Waals surface area contributed by atoms with Crippen molar-refractivity contribution in [2.75, 3.05) is 17.7 Å². The van der Waals surface area contributed by atoms with Crippen LogP contribution in [0.15, 0.2) is 12.1 Å². The third-order valence-corrected chi connectivity index (χ3v) is 2.74. The van der Waals surface area contributed by atoms with E-state index in [4.69, 9.17) is 10.5 Å². The van der Waals surface area contributed by atoms with Crippen molar-refractivity contribution >= 4 is 17.3 Å². The third kappa shape index (κ3) is 1.71. The number of fused-ring (bicyclic) bond motifs is 1. The molecule has 0 radical (unpaired) electrons. The minimum absolute atomic E-state index is 0.0451. The van der Waals surface area contributed by atoms with Crippen molar-refractivity contribution in [2.45, 2.75) is 20.8 Å². The lowest BCUT2D eigenvalue weighted by Gasteiger charge is -2.18. The van der Waals surface area contributed by atoms with Gasteiger partial charge < -0.3 is 15.8 Å². The van der Waals surface area contributed by atoms with Crippen molar-refractivity contribution < 1.29 is 9.53 Å². The largest absolute Gasteiger partial charge is 0.490 e. The number of hydrogen-bond donors (Lipinski definition) is 2. The number of amides is 1. The molecule has 1 heterocycles. The van der Waals surface area contributed by atoms with E-state index >= 15 is 0 Å². The average molecular weight is 220 g/mol. The lowest BCUT2D eigenvalue weighted by molar-refractivity contribution is -0.124. The zero-order chi connectivity index (χ0) is 11.9. The molecule has 86 valence electrons. The highest BCUT2D eigenvalue weighted by atomic mass is 16.5. The van der Waals surface area contributed by atoms with E-state index in [0.29, 0.717) is 23.7 Å². The zero-order valence-corrected chi connectivity index (χ0v) is 9.76. The first-order valence-corrected chi connectivity index (χ1v) is 5.24. The Balaban J connectivity index is 2.49. The number of carbonyl (C=O) groups excluding carboxylic acids is 1. The van der Waals surface area contributed by atoms with Crippen molar-refractivity contribution in [1.29, 1.82) is 0 Å². The smallest absolute Gasteiger partial charge is 0.233 e. The number of carbonyl (C=O) groups is 1. The van der Waals surface area contributed by atoms with Crippen LogP contribution in [0.4, 0.5) is 11.4 Å². The number of nitrogens with two attached hydrogens (primary N) is 1. The molecule has 1 aliphatic heterocycles. The molecule has 0 unspecified atom stereocenters. The fraction of sp³-hybridized carbons (Fsp3) is 0.417. The molecule has 0 bridgehead atoms. The molecule has 0 spiro atoms. The second-order valence-electron chi connectivity index (χ2n) is 4.84. The molecule has 4 nitrogen and oxygen atoms in total. The number of rotatable bonds is 0. The Kier molecular flexibility index (Phi) is 2.30. The van der Waals surface area contributed by atoms with Gasteiger partial charge in [-0.15, -0.1) is 0 Å². The van der Waals surface area contributed by atoms with Crippen LogP contribution in [0.1, 0.15) is 19.4 Å². The molecule has 1 aromatic carbocycles. The summed E-state index contributed by atoms with van der Waals surface area (Å²) in [6.45, 7) is 6.00. The molecule has 1 aliphatic rings. The van der Waals surface area contributed by atoms with Crippen molar-refractivity contribution in [1.82, 2.24) is 0 Å². The number of nitrogens with one attached hydrogen (secondary N) is 1. The van der Waals surface area contributed by atoms with Crippen LogP contribution in [0, 0.1) is 12.3 Å². The highest BCUT2D eigenvalue weighted by Gasteiger charge is 2.32. The van der Waals surface area contributed by atoms with Crippen LogP contribution in [0.5, 0.6) is 5.75 Å². The molecule has 0 aromatic heterocycles. The van der Waals surface area contributed by atoms with Gasteiger partial charge >= 0.3 is 0 Å². The van der Waals surface area contributed by atoms with Crippen LogP contribution >= 0.6 is 0 Å². The summed E-state index contributed by atoms with van der Waals surface area (Å²) in [5.74, 6) is 0.671. The Morgan fingerprint density at radius 2 is 2.12 bits per heavy atom. The summed E-state index contributed by atoms with van der Waals surface area (Å²) in [6.07, 6.45) is 0. The van der Waals surface area contributed by atoms with Crippen molar-refractivity contribution in [2.24, 2.45) is 5.41 Å². The summed E-state index contributed by atoms with van der Waals surface area (Å²) in [5.41, 5.74) is 7.44. The van der Waals surface area contributed by atoms with E-state index in [2.05, 4.69) is 5.32 Å². The first kappa shape index (κ1) is 10.8. The molecule has 1 amide bonds. The van der Waals surface area contributed by atoms with Gasteiger partial charge in [0.2, 0.25) is 5.91 Å². The topological polar surface area (TPSA) is 64.3 Å². The van der Waals surface area contributed by atoms with Gasteiger partial charge in [-0.3, -0.25) is 4.79 Å². The van der Waals surface area contributed by atoms with Crippen LogP contribution < -0.4 is 15.8 Å². The fourth-order valence-corrected chi connectivity index (χ4v) is 1.70. The van der Waals surface area contributed by atoms with Gasteiger partial charge in [0.25, 0.3) is 0 Å². The highest BCUT2D eigenvalue weighted by molar-refractivity contribution is 5.97. The first-order chi connectivity index (χ1) is 7.40.